The number of urea groups is 1. The zero-order valence-electron chi connectivity index (χ0n) is 18.6. The number of anilines is 2. The lowest BCUT2D eigenvalue weighted by Crippen LogP contribution is -2.19. The van der Waals surface area contributed by atoms with Crippen molar-refractivity contribution in [3.63, 3.8) is 0 Å². The fraction of sp³-hybridized carbons (Fsp3) is 0.0769. The molecule has 2 heterocycles. The van der Waals surface area contributed by atoms with Crippen LogP contribution >= 0.6 is 0 Å². The van der Waals surface area contributed by atoms with Gasteiger partial charge in [0.1, 0.15) is 11.6 Å². The van der Waals surface area contributed by atoms with Gasteiger partial charge in [0.2, 0.25) is 0 Å². The average molecular weight is 466 g/mol. The van der Waals surface area contributed by atoms with Gasteiger partial charge >= 0.3 is 6.03 Å². The summed E-state index contributed by atoms with van der Waals surface area (Å²) in [4.78, 5) is 32.4. The number of hydrogen-bond donors (Lipinski definition) is 4. The Morgan fingerprint density at radius 2 is 1.80 bits per heavy atom. The number of rotatable bonds is 4. The smallest absolute Gasteiger partial charge is 0.323 e. The van der Waals surface area contributed by atoms with Crippen LogP contribution in [0.1, 0.15) is 27.2 Å². The van der Waals surface area contributed by atoms with E-state index >= 15 is 4.39 Å². The number of halogens is 1. The van der Waals surface area contributed by atoms with Crippen molar-refractivity contribution in [2.75, 3.05) is 10.6 Å². The quantitative estimate of drug-likeness (QED) is 0.340. The summed E-state index contributed by atoms with van der Waals surface area (Å²) in [5.41, 5.74) is 4.70. The lowest BCUT2D eigenvalue weighted by Gasteiger charge is -2.13. The van der Waals surface area contributed by atoms with Crippen LogP contribution in [0, 0.1) is 24.1 Å². The minimum absolute atomic E-state index is 0.235. The summed E-state index contributed by atoms with van der Waals surface area (Å²) >= 11 is 0. The fourth-order valence-corrected chi connectivity index (χ4v) is 4.12. The molecular weight excluding hydrogens is 447 g/mol. The van der Waals surface area contributed by atoms with E-state index in [0.717, 1.165) is 5.69 Å². The van der Waals surface area contributed by atoms with Crippen molar-refractivity contribution in [1.29, 1.82) is 5.26 Å². The summed E-state index contributed by atoms with van der Waals surface area (Å²) in [5, 5.41) is 17.0. The summed E-state index contributed by atoms with van der Waals surface area (Å²) < 4.78 is 15.2. The van der Waals surface area contributed by atoms with Crippen LogP contribution in [0.2, 0.25) is 0 Å². The van der Waals surface area contributed by atoms with Crippen molar-refractivity contribution in [1.82, 2.24) is 15.3 Å². The number of benzene rings is 3. The number of H-pyrrole nitrogens is 1. The molecule has 172 valence electrons. The summed E-state index contributed by atoms with van der Waals surface area (Å²) in [6.45, 7) is 2.15. The van der Waals surface area contributed by atoms with Crippen LogP contribution in [0.15, 0.2) is 60.8 Å². The number of carbonyl (C=O) groups excluding carboxylic acids is 2. The van der Waals surface area contributed by atoms with Crippen molar-refractivity contribution in [2.24, 2.45) is 0 Å². The van der Waals surface area contributed by atoms with E-state index in [-0.39, 0.29) is 18.1 Å². The molecule has 0 unspecified atom stereocenters. The molecule has 35 heavy (non-hydrogen) atoms. The molecule has 0 bridgehead atoms. The maximum Gasteiger partial charge on any atom is 0.323 e. The SMILES string of the molecule is Cc1cnc(-c2ccc(-c3ccc(NC(=O)Nc4cccc(C#N)c4)cc3F)c3c2C(=O)NC3)[nH]1. The molecule has 1 aromatic heterocycles. The second-order valence-electron chi connectivity index (χ2n) is 8.08. The molecular formula is C26H19FN6O2. The molecule has 4 aromatic rings. The number of nitrogens with one attached hydrogen (secondary N) is 4. The molecule has 0 saturated carbocycles. The van der Waals surface area contributed by atoms with E-state index in [0.29, 0.717) is 44.9 Å². The molecule has 3 aromatic carbocycles. The Morgan fingerprint density at radius 1 is 1.06 bits per heavy atom. The third-order valence-electron chi connectivity index (χ3n) is 5.69. The first-order valence-electron chi connectivity index (χ1n) is 10.8. The van der Waals surface area contributed by atoms with Crippen molar-refractivity contribution >= 4 is 23.3 Å². The monoisotopic (exact) mass is 466 g/mol. The Labute approximate surface area is 199 Å². The van der Waals surface area contributed by atoms with Gasteiger partial charge in [-0.05, 0) is 60.5 Å². The number of fused-ring (bicyclic) bond motifs is 1. The normalized spacial score (nSPS) is 12.0. The molecule has 0 saturated heterocycles. The van der Waals surface area contributed by atoms with E-state index in [9.17, 15) is 9.59 Å². The summed E-state index contributed by atoms with van der Waals surface area (Å²) in [5.74, 6) is -0.201. The molecule has 1 aliphatic rings. The van der Waals surface area contributed by atoms with E-state index < -0.39 is 11.8 Å². The van der Waals surface area contributed by atoms with Gasteiger partial charge in [-0.2, -0.15) is 5.26 Å². The zero-order chi connectivity index (χ0) is 24.5. The number of imidazole rings is 1. The van der Waals surface area contributed by atoms with Gasteiger partial charge in [0.15, 0.2) is 0 Å². The number of aryl methyl sites for hydroxylation is 1. The topological polar surface area (TPSA) is 123 Å². The molecule has 0 aliphatic carbocycles. The summed E-state index contributed by atoms with van der Waals surface area (Å²) in [6, 6.07) is 15.8. The van der Waals surface area contributed by atoms with Gasteiger partial charge in [-0.3, -0.25) is 4.79 Å². The molecule has 0 fully saturated rings. The second-order valence-corrected chi connectivity index (χ2v) is 8.08. The van der Waals surface area contributed by atoms with Crippen LogP contribution < -0.4 is 16.0 Å². The van der Waals surface area contributed by atoms with Crippen LogP contribution in [0.25, 0.3) is 22.5 Å². The maximum absolute atomic E-state index is 15.2. The second kappa shape index (κ2) is 8.76. The predicted octanol–water partition coefficient (Wildman–Crippen LogP) is 4.95. The Kier molecular flexibility index (Phi) is 5.47. The van der Waals surface area contributed by atoms with E-state index in [2.05, 4.69) is 25.9 Å². The van der Waals surface area contributed by atoms with Crippen LogP contribution in [-0.4, -0.2) is 21.9 Å². The van der Waals surface area contributed by atoms with Crippen molar-refractivity contribution in [2.45, 2.75) is 13.5 Å². The highest BCUT2D eigenvalue weighted by Crippen LogP contribution is 2.36. The average Bonchev–Trinajstić information content (AvgIpc) is 3.45. The highest BCUT2D eigenvalue weighted by atomic mass is 19.1. The van der Waals surface area contributed by atoms with Crippen molar-refractivity contribution < 1.29 is 14.0 Å². The third-order valence-corrected chi connectivity index (χ3v) is 5.69. The number of aromatic nitrogens is 2. The largest absolute Gasteiger partial charge is 0.348 e. The van der Waals surface area contributed by atoms with Gasteiger partial charge in [0.25, 0.3) is 5.91 Å². The number of nitriles is 1. The van der Waals surface area contributed by atoms with Crippen LogP contribution in [-0.2, 0) is 6.54 Å². The van der Waals surface area contributed by atoms with Gasteiger partial charge in [0.05, 0.1) is 17.2 Å². The lowest BCUT2D eigenvalue weighted by atomic mass is 9.92. The molecule has 3 amide bonds. The van der Waals surface area contributed by atoms with E-state index in [1.54, 1.807) is 48.7 Å². The molecule has 1 aliphatic heterocycles. The molecule has 0 radical (unpaired) electrons. The highest BCUT2D eigenvalue weighted by Gasteiger charge is 2.28. The first-order valence-corrected chi connectivity index (χ1v) is 10.8. The molecule has 5 rings (SSSR count). The van der Waals surface area contributed by atoms with Gasteiger partial charge in [-0.25, -0.2) is 14.2 Å². The predicted molar refractivity (Wildman–Crippen MR) is 129 cm³/mol. The Hall–Kier alpha value is -4.97. The minimum Gasteiger partial charge on any atom is -0.348 e. The first-order chi connectivity index (χ1) is 16.9. The van der Waals surface area contributed by atoms with E-state index in [1.165, 1.54) is 12.1 Å². The Bertz CT molecular complexity index is 1540. The molecule has 0 spiro atoms. The summed E-state index contributed by atoms with van der Waals surface area (Å²) in [6.07, 6.45) is 1.68. The van der Waals surface area contributed by atoms with Crippen LogP contribution in [0.3, 0.4) is 0 Å². The molecule has 9 heteroatoms. The maximum atomic E-state index is 15.2. The first kappa shape index (κ1) is 21.9. The van der Waals surface area contributed by atoms with Gasteiger partial charge in [0, 0.05) is 40.9 Å². The van der Waals surface area contributed by atoms with Gasteiger partial charge in [-0.1, -0.05) is 12.1 Å². The summed E-state index contributed by atoms with van der Waals surface area (Å²) in [7, 11) is 0. The molecule has 4 N–H and O–H groups in total. The highest BCUT2D eigenvalue weighted by molar-refractivity contribution is 6.06. The zero-order valence-corrected chi connectivity index (χ0v) is 18.6. The number of carbonyl (C=O) groups is 2. The lowest BCUT2D eigenvalue weighted by molar-refractivity contribution is 0.0966. The van der Waals surface area contributed by atoms with Crippen LogP contribution in [0.4, 0.5) is 20.6 Å². The molecule has 0 atom stereocenters. The van der Waals surface area contributed by atoms with Gasteiger partial charge < -0.3 is 20.9 Å². The number of nitrogens with zero attached hydrogens (tertiary/aromatic N) is 2. The van der Waals surface area contributed by atoms with Gasteiger partial charge in [-0.15, -0.1) is 0 Å². The van der Waals surface area contributed by atoms with E-state index in [4.69, 9.17) is 5.26 Å². The van der Waals surface area contributed by atoms with Crippen LogP contribution in [0.5, 0.6) is 0 Å². The third kappa shape index (κ3) is 4.20. The van der Waals surface area contributed by atoms with E-state index in [1.807, 2.05) is 13.0 Å². The van der Waals surface area contributed by atoms with Crippen molar-refractivity contribution in [3.8, 4) is 28.6 Å². The number of hydrogen-bond acceptors (Lipinski definition) is 4. The Morgan fingerprint density at radius 3 is 2.51 bits per heavy atom. The Balaban J connectivity index is 1.41. The molecule has 8 nitrogen and oxygen atoms in total. The fourth-order valence-electron chi connectivity index (χ4n) is 4.12. The number of amides is 3. The number of aromatic amines is 1. The van der Waals surface area contributed by atoms with Crippen molar-refractivity contribution in [3.05, 3.63) is 89.0 Å². The standard InChI is InChI=1S/C26H19FN6O2/c1-14-12-29-24(31-14)20-8-7-18(21-13-30-25(34)23(20)21)19-6-5-17(10-22(19)27)33-26(35)32-16-4-2-3-15(9-16)11-28/h2-10,12H,13H2,1H3,(H,29,31)(H,30,34)(H2,32,33,35). The minimum atomic E-state index is -0.568.